The number of allylic oxidation sites excluding steroid dienone is 1. The molecule has 6 nitrogen and oxygen atoms in total. The molecule has 0 radical (unpaired) electrons. The van der Waals surface area contributed by atoms with Gasteiger partial charge in [-0.25, -0.2) is 8.42 Å². The summed E-state index contributed by atoms with van der Waals surface area (Å²) in [7, 11) is -2.47. The second-order valence-electron chi connectivity index (χ2n) is 6.26. The van der Waals surface area contributed by atoms with Gasteiger partial charge in [0.1, 0.15) is 11.8 Å². The Morgan fingerprint density at radius 1 is 1.00 bits per heavy atom. The molecule has 28 heavy (non-hydrogen) atoms. The maximum absolute atomic E-state index is 12.9. The molecule has 0 aliphatic heterocycles. The molecule has 138 valence electrons. The molecule has 0 atom stereocenters. The van der Waals surface area contributed by atoms with Crippen LogP contribution >= 0.6 is 0 Å². The summed E-state index contributed by atoms with van der Waals surface area (Å²) in [6, 6.07) is 20.5. The highest BCUT2D eigenvalue weighted by Crippen LogP contribution is 2.32. The summed E-state index contributed by atoms with van der Waals surface area (Å²) in [4.78, 5) is -0.796. The van der Waals surface area contributed by atoms with Gasteiger partial charge in [0, 0.05) is 17.8 Å². The molecule has 7 heteroatoms. The maximum atomic E-state index is 12.9. The Bertz CT molecular complexity index is 1400. The van der Waals surface area contributed by atoms with Crippen LogP contribution in [0.4, 0.5) is 0 Å². The number of fused-ring (bicyclic) bond motifs is 3. The van der Waals surface area contributed by atoms with E-state index in [0.717, 1.165) is 16.3 Å². The average Bonchev–Trinajstić information content (AvgIpc) is 3.06. The van der Waals surface area contributed by atoms with Crippen molar-refractivity contribution < 1.29 is 13.5 Å². The number of aliphatic hydroxyl groups is 1. The van der Waals surface area contributed by atoms with Crippen LogP contribution in [0.5, 0.6) is 0 Å². The first-order valence-electron chi connectivity index (χ1n) is 8.43. The van der Waals surface area contributed by atoms with Crippen LogP contribution in [0, 0.1) is 11.3 Å². The third kappa shape index (κ3) is 2.63. The third-order valence-corrected chi connectivity index (χ3v) is 6.31. The first-order chi connectivity index (χ1) is 13.4. The summed E-state index contributed by atoms with van der Waals surface area (Å²) in [5.74, 6) is -0.660. The normalized spacial score (nSPS) is 12.7. The highest BCUT2D eigenvalue weighted by Gasteiger charge is 2.28. The van der Waals surface area contributed by atoms with Crippen LogP contribution < -0.4 is 0 Å². The maximum Gasteiger partial charge on any atom is 0.220 e. The highest BCUT2D eigenvalue weighted by atomic mass is 32.2. The van der Waals surface area contributed by atoms with Crippen LogP contribution in [0.1, 0.15) is 5.69 Å². The lowest BCUT2D eigenvalue weighted by Crippen LogP contribution is -2.07. The molecule has 0 unspecified atom stereocenters. The zero-order valence-electron chi connectivity index (χ0n) is 14.9. The van der Waals surface area contributed by atoms with Crippen molar-refractivity contribution >= 4 is 37.3 Å². The van der Waals surface area contributed by atoms with Crippen molar-refractivity contribution in [2.45, 2.75) is 4.90 Å². The van der Waals surface area contributed by atoms with Crippen LogP contribution in [0.3, 0.4) is 0 Å². The number of nitriles is 1. The Hall–Kier alpha value is -3.63. The van der Waals surface area contributed by atoms with Crippen LogP contribution in [-0.4, -0.2) is 23.3 Å². The molecule has 0 saturated heterocycles. The minimum absolute atomic E-state index is 0.0549. The van der Waals surface area contributed by atoms with E-state index in [9.17, 15) is 18.8 Å². The topological polar surface area (TPSA) is 96.0 Å². The van der Waals surface area contributed by atoms with Gasteiger partial charge in [0.15, 0.2) is 10.7 Å². The number of aromatic nitrogens is 2. The number of aryl methyl sites for hydroxylation is 1. The fraction of sp³-hybridized carbons (Fsp3) is 0.0476. The van der Waals surface area contributed by atoms with Crippen molar-refractivity contribution in [3.63, 3.8) is 0 Å². The predicted octanol–water partition coefficient (Wildman–Crippen LogP) is 3.95. The van der Waals surface area contributed by atoms with Gasteiger partial charge in [-0.1, -0.05) is 48.5 Å². The molecule has 0 bridgehead atoms. The molecule has 1 aromatic heterocycles. The molecule has 0 aliphatic carbocycles. The van der Waals surface area contributed by atoms with E-state index in [1.807, 2.05) is 30.3 Å². The number of aliphatic hydroxyl groups excluding tert-OH is 1. The molecule has 1 N–H and O–H groups in total. The van der Waals surface area contributed by atoms with E-state index in [1.165, 1.54) is 12.1 Å². The Labute approximate surface area is 161 Å². The lowest BCUT2D eigenvalue weighted by atomic mass is 10.1. The van der Waals surface area contributed by atoms with Gasteiger partial charge in [0.2, 0.25) is 9.84 Å². The number of benzene rings is 3. The fourth-order valence-corrected chi connectivity index (χ4v) is 4.51. The molecule has 0 saturated carbocycles. The fourth-order valence-electron chi connectivity index (χ4n) is 3.29. The van der Waals surface area contributed by atoms with Crippen molar-refractivity contribution in [3.8, 4) is 6.07 Å². The molecule has 1 heterocycles. The summed E-state index contributed by atoms with van der Waals surface area (Å²) in [6.07, 6.45) is 0. The standard InChI is InChI=1S/C21H15N3O3S/c1-24-20-16-10-6-5-7-14(16)11-12-17(20)19(23-24)21(25)18(13-22)28(26,27)15-8-3-2-4-9-15/h2-12,25H,1H3. The first kappa shape index (κ1) is 17.8. The molecule has 3 aromatic carbocycles. The molecule has 4 rings (SSSR count). The molecular formula is C21H15N3O3S. The summed E-state index contributed by atoms with van der Waals surface area (Å²) in [6.45, 7) is 0. The van der Waals surface area contributed by atoms with Gasteiger partial charge in [-0.05, 0) is 23.6 Å². The van der Waals surface area contributed by atoms with Crippen molar-refractivity contribution in [3.05, 3.63) is 77.3 Å². The van der Waals surface area contributed by atoms with Crippen LogP contribution in [0.15, 0.2) is 76.5 Å². The Morgan fingerprint density at radius 2 is 1.68 bits per heavy atom. The van der Waals surface area contributed by atoms with Gasteiger partial charge in [-0.3, -0.25) is 4.68 Å². The van der Waals surface area contributed by atoms with E-state index in [1.54, 1.807) is 42.1 Å². The van der Waals surface area contributed by atoms with E-state index in [-0.39, 0.29) is 10.6 Å². The van der Waals surface area contributed by atoms with E-state index < -0.39 is 20.5 Å². The van der Waals surface area contributed by atoms with E-state index >= 15 is 0 Å². The minimum atomic E-state index is -4.18. The van der Waals surface area contributed by atoms with Gasteiger partial charge in [-0.15, -0.1) is 0 Å². The number of nitrogens with zero attached hydrogens (tertiary/aromatic N) is 3. The summed E-state index contributed by atoms with van der Waals surface area (Å²) in [5, 5.41) is 27.1. The summed E-state index contributed by atoms with van der Waals surface area (Å²) < 4.78 is 27.3. The monoisotopic (exact) mass is 389 g/mol. The Morgan fingerprint density at radius 3 is 2.39 bits per heavy atom. The van der Waals surface area contributed by atoms with Gasteiger partial charge < -0.3 is 5.11 Å². The SMILES string of the molecule is Cn1nc(C(O)=C(C#N)S(=O)(=O)c2ccccc2)c2ccc3ccccc3c21. The van der Waals surface area contributed by atoms with Crippen molar-refractivity contribution in [1.82, 2.24) is 9.78 Å². The van der Waals surface area contributed by atoms with Crippen LogP contribution in [-0.2, 0) is 16.9 Å². The summed E-state index contributed by atoms with van der Waals surface area (Å²) >= 11 is 0. The second kappa shape index (κ2) is 6.51. The van der Waals surface area contributed by atoms with Crippen molar-refractivity contribution in [1.29, 1.82) is 5.26 Å². The number of sulfone groups is 1. The summed E-state index contributed by atoms with van der Waals surface area (Å²) in [5.41, 5.74) is 0.799. The van der Waals surface area contributed by atoms with E-state index in [4.69, 9.17) is 0 Å². The third-order valence-electron chi connectivity index (χ3n) is 4.59. The quantitative estimate of drug-likeness (QED) is 0.423. The van der Waals surface area contributed by atoms with Gasteiger partial charge in [0.25, 0.3) is 0 Å². The van der Waals surface area contributed by atoms with Gasteiger partial charge >= 0.3 is 0 Å². The zero-order valence-corrected chi connectivity index (χ0v) is 15.7. The minimum Gasteiger partial charge on any atom is -0.504 e. The number of hydrogen-bond donors (Lipinski definition) is 1. The molecule has 0 aliphatic rings. The molecule has 0 fully saturated rings. The Balaban J connectivity index is 2.01. The highest BCUT2D eigenvalue weighted by molar-refractivity contribution is 7.95. The second-order valence-corrected chi connectivity index (χ2v) is 8.15. The van der Waals surface area contributed by atoms with Crippen LogP contribution in [0.2, 0.25) is 0 Å². The molecule has 0 amide bonds. The lowest BCUT2D eigenvalue weighted by molar-refractivity contribution is 0.505. The molecule has 0 spiro atoms. The van der Waals surface area contributed by atoms with Gasteiger partial charge in [0.05, 0.1) is 10.4 Å². The smallest absolute Gasteiger partial charge is 0.220 e. The molecular weight excluding hydrogens is 374 g/mol. The predicted molar refractivity (Wildman–Crippen MR) is 107 cm³/mol. The molecule has 4 aromatic rings. The van der Waals surface area contributed by atoms with Crippen molar-refractivity contribution in [2.24, 2.45) is 7.05 Å². The van der Waals surface area contributed by atoms with E-state index in [0.29, 0.717) is 5.39 Å². The average molecular weight is 389 g/mol. The van der Waals surface area contributed by atoms with Crippen molar-refractivity contribution in [2.75, 3.05) is 0 Å². The van der Waals surface area contributed by atoms with Crippen LogP contribution in [0.25, 0.3) is 27.4 Å². The van der Waals surface area contributed by atoms with E-state index in [2.05, 4.69) is 5.10 Å². The Kier molecular flexibility index (Phi) is 4.13. The first-order valence-corrected chi connectivity index (χ1v) is 9.92. The van der Waals surface area contributed by atoms with Gasteiger partial charge in [-0.2, -0.15) is 10.4 Å². The number of rotatable bonds is 3. The largest absolute Gasteiger partial charge is 0.504 e. The number of hydrogen-bond acceptors (Lipinski definition) is 5. The zero-order chi connectivity index (χ0) is 19.9. The lowest BCUT2D eigenvalue weighted by Gasteiger charge is -2.05.